The minimum Gasteiger partial charge on any atom is -0.480 e. The van der Waals surface area contributed by atoms with Gasteiger partial charge < -0.3 is 9.52 Å². The summed E-state index contributed by atoms with van der Waals surface area (Å²) in [4.78, 5) is 11.1. The van der Waals surface area contributed by atoms with E-state index in [1.54, 1.807) is 12.1 Å². The van der Waals surface area contributed by atoms with Crippen LogP contribution in [0.15, 0.2) is 46.9 Å². The molecule has 3 rings (SSSR count). The van der Waals surface area contributed by atoms with Crippen molar-refractivity contribution in [2.45, 2.75) is 5.25 Å². The molecule has 0 aliphatic heterocycles. The normalized spacial score (nSPS) is 12.9. The fourth-order valence-corrected chi connectivity index (χ4v) is 2.38. The number of benzene rings is 2. The first-order valence-electron chi connectivity index (χ1n) is 5.49. The first kappa shape index (κ1) is 11.2. The summed E-state index contributed by atoms with van der Waals surface area (Å²) in [6, 6.07) is 13.0. The van der Waals surface area contributed by atoms with Crippen molar-refractivity contribution in [3.8, 4) is 0 Å². The van der Waals surface area contributed by atoms with E-state index in [4.69, 9.17) is 9.52 Å². The van der Waals surface area contributed by atoms with Crippen LogP contribution in [-0.2, 0) is 4.79 Å². The van der Waals surface area contributed by atoms with Crippen LogP contribution in [0.4, 0.5) is 0 Å². The highest BCUT2D eigenvalue weighted by Gasteiger charge is 2.20. The Morgan fingerprint density at radius 2 is 1.83 bits per heavy atom. The van der Waals surface area contributed by atoms with Crippen molar-refractivity contribution in [1.29, 1.82) is 0 Å². The van der Waals surface area contributed by atoms with E-state index in [0.29, 0.717) is 11.1 Å². The van der Waals surface area contributed by atoms with E-state index in [-0.39, 0.29) is 0 Å². The molecule has 1 aromatic heterocycles. The lowest BCUT2D eigenvalue weighted by Crippen LogP contribution is -2.05. The van der Waals surface area contributed by atoms with E-state index in [9.17, 15) is 4.79 Å². The minimum absolute atomic E-state index is 0.660. The maximum atomic E-state index is 11.1. The zero-order chi connectivity index (χ0) is 12.7. The Labute approximate surface area is 108 Å². The van der Waals surface area contributed by atoms with Gasteiger partial charge in [-0.2, -0.15) is 12.6 Å². The van der Waals surface area contributed by atoms with Crippen molar-refractivity contribution < 1.29 is 14.3 Å². The van der Waals surface area contributed by atoms with Crippen LogP contribution >= 0.6 is 12.6 Å². The molecule has 3 aromatic rings. The maximum Gasteiger partial charge on any atom is 0.320 e. The Hall–Kier alpha value is -1.94. The lowest BCUT2D eigenvalue weighted by Gasteiger charge is -2.06. The molecule has 0 saturated heterocycles. The predicted octanol–water partition coefficient (Wildman–Crippen LogP) is 3.64. The molecular weight excluding hydrogens is 248 g/mol. The Morgan fingerprint density at radius 3 is 2.61 bits per heavy atom. The fraction of sp³-hybridized carbons (Fsp3) is 0.0714. The lowest BCUT2D eigenvalue weighted by atomic mass is 10.0. The molecule has 0 bridgehead atoms. The Morgan fingerprint density at radius 1 is 1.11 bits per heavy atom. The fourth-order valence-electron chi connectivity index (χ4n) is 2.16. The second-order valence-electron chi connectivity index (χ2n) is 4.06. The molecular formula is C14H10O3S. The number of carboxylic acids is 1. The van der Waals surface area contributed by atoms with E-state index < -0.39 is 11.2 Å². The zero-order valence-corrected chi connectivity index (χ0v) is 10.2. The molecule has 0 fully saturated rings. The summed E-state index contributed by atoms with van der Waals surface area (Å²) >= 11 is 4.15. The number of carboxylic acid groups (broad SMARTS) is 1. The highest BCUT2D eigenvalue weighted by atomic mass is 32.1. The molecule has 2 aromatic carbocycles. The molecule has 0 radical (unpaired) electrons. The number of hydrogen-bond acceptors (Lipinski definition) is 3. The van der Waals surface area contributed by atoms with Gasteiger partial charge >= 0.3 is 5.97 Å². The third-order valence-electron chi connectivity index (χ3n) is 2.96. The quantitative estimate of drug-likeness (QED) is 0.690. The van der Waals surface area contributed by atoms with E-state index in [0.717, 1.165) is 16.4 Å². The smallest absolute Gasteiger partial charge is 0.320 e. The van der Waals surface area contributed by atoms with Gasteiger partial charge in [-0.3, -0.25) is 4.79 Å². The van der Waals surface area contributed by atoms with Gasteiger partial charge in [0.05, 0.1) is 0 Å². The van der Waals surface area contributed by atoms with Crippen molar-refractivity contribution >= 4 is 40.5 Å². The van der Waals surface area contributed by atoms with Crippen LogP contribution in [0.2, 0.25) is 0 Å². The Balaban J connectivity index is 2.42. The molecule has 0 aliphatic rings. The molecule has 1 N–H and O–H groups in total. The third-order valence-corrected chi connectivity index (χ3v) is 3.46. The van der Waals surface area contributed by atoms with Gasteiger partial charge in [-0.05, 0) is 17.7 Å². The second-order valence-corrected chi connectivity index (χ2v) is 4.58. The number of fused-ring (bicyclic) bond motifs is 3. The second kappa shape index (κ2) is 4.07. The number of furan rings is 1. The van der Waals surface area contributed by atoms with Gasteiger partial charge in [0, 0.05) is 10.8 Å². The summed E-state index contributed by atoms with van der Waals surface area (Å²) in [6.07, 6.45) is 0. The molecule has 1 atom stereocenters. The molecule has 1 unspecified atom stereocenters. The average molecular weight is 258 g/mol. The largest absolute Gasteiger partial charge is 0.480 e. The van der Waals surface area contributed by atoms with Gasteiger partial charge in [0.2, 0.25) is 0 Å². The summed E-state index contributed by atoms with van der Waals surface area (Å²) in [7, 11) is 0. The summed E-state index contributed by atoms with van der Waals surface area (Å²) in [6.45, 7) is 0. The van der Waals surface area contributed by atoms with Crippen molar-refractivity contribution in [1.82, 2.24) is 0 Å². The molecule has 0 aliphatic carbocycles. The van der Waals surface area contributed by atoms with Crippen LogP contribution in [-0.4, -0.2) is 11.1 Å². The van der Waals surface area contributed by atoms with E-state index in [1.807, 2.05) is 30.3 Å². The van der Waals surface area contributed by atoms with Gasteiger partial charge in [0.1, 0.15) is 16.4 Å². The number of carbonyl (C=O) groups is 1. The first-order chi connectivity index (χ1) is 8.68. The maximum absolute atomic E-state index is 11.1. The molecule has 18 heavy (non-hydrogen) atoms. The van der Waals surface area contributed by atoms with Crippen LogP contribution in [0.1, 0.15) is 10.8 Å². The topological polar surface area (TPSA) is 50.4 Å². The molecule has 0 amide bonds. The van der Waals surface area contributed by atoms with Crippen molar-refractivity contribution in [3.63, 3.8) is 0 Å². The molecule has 0 saturated carbocycles. The molecule has 4 heteroatoms. The Bertz CT molecular complexity index is 745. The lowest BCUT2D eigenvalue weighted by molar-refractivity contribution is -0.136. The minimum atomic E-state index is -0.962. The van der Waals surface area contributed by atoms with Crippen LogP contribution < -0.4 is 0 Å². The van der Waals surface area contributed by atoms with Crippen LogP contribution in [0.5, 0.6) is 0 Å². The predicted molar refractivity (Wildman–Crippen MR) is 73.1 cm³/mol. The van der Waals surface area contributed by atoms with Gasteiger partial charge in [0.25, 0.3) is 0 Å². The van der Waals surface area contributed by atoms with Crippen LogP contribution in [0.3, 0.4) is 0 Å². The number of aliphatic carboxylic acids is 1. The molecule has 3 nitrogen and oxygen atoms in total. The summed E-state index contributed by atoms with van der Waals surface area (Å²) in [5.74, 6) is -0.962. The molecule has 90 valence electrons. The van der Waals surface area contributed by atoms with Gasteiger partial charge in [-0.15, -0.1) is 0 Å². The standard InChI is InChI=1S/C14H10O3S/c15-14(16)13(18)9-5-3-7-11-12(9)8-4-1-2-6-10(8)17-11/h1-7,13,18H,(H,15,16). The van der Waals surface area contributed by atoms with Crippen LogP contribution in [0, 0.1) is 0 Å². The van der Waals surface area contributed by atoms with E-state index in [1.165, 1.54) is 0 Å². The van der Waals surface area contributed by atoms with Crippen molar-refractivity contribution in [2.24, 2.45) is 0 Å². The van der Waals surface area contributed by atoms with E-state index in [2.05, 4.69) is 12.6 Å². The first-order valence-corrected chi connectivity index (χ1v) is 6.01. The molecule has 0 spiro atoms. The van der Waals surface area contributed by atoms with Gasteiger partial charge in [-0.25, -0.2) is 0 Å². The van der Waals surface area contributed by atoms with Gasteiger partial charge in [0.15, 0.2) is 0 Å². The summed E-state index contributed by atoms with van der Waals surface area (Å²) in [5, 5.41) is 9.99. The Kier molecular flexibility index (Phi) is 2.52. The highest BCUT2D eigenvalue weighted by Crippen LogP contribution is 2.35. The number of para-hydroxylation sites is 1. The SMILES string of the molecule is O=C(O)C(S)c1cccc2oc3ccccc3c12. The van der Waals surface area contributed by atoms with Gasteiger partial charge in [-0.1, -0.05) is 30.3 Å². The average Bonchev–Trinajstić information content (AvgIpc) is 2.76. The zero-order valence-electron chi connectivity index (χ0n) is 9.33. The van der Waals surface area contributed by atoms with Crippen LogP contribution in [0.25, 0.3) is 21.9 Å². The summed E-state index contributed by atoms with van der Waals surface area (Å²) in [5.41, 5.74) is 2.10. The third kappa shape index (κ3) is 1.57. The number of rotatable bonds is 2. The summed E-state index contributed by atoms with van der Waals surface area (Å²) < 4.78 is 5.70. The molecule has 1 heterocycles. The van der Waals surface area contributed by atoms with Crippen molar-refractivity contribution in [3.05, 3.63) is 48.0 Å². The van der Waals surface area contributed by atoms with Crippen molar-refractivity contribution in [2.75, 3.05) is 0 Å². The highest BCUT2D eigenvalue weighted by molar-refractivity contribution is 7.81. The number of thiol groups is 1. The van der Waals surface area contributed by atoms with E-state index >= 15 is 0 Å². The monoisotopic (exact) mass is 258 g/mol. The number of hydrogen-bond donors (Lipinski definition) is 2.